The van der Waals surface area contributed by atoms with Crippen LogP contribution in [-0.2, 0) is 22.6 Å². The number of rotatable bonds is 5. The van der Waals surface area contributed by atoms with E-state index in [1.54, 1.807) is 23.5 Å². The Bertz CT molecular complexity index is 656. The van der Waals surface area contributed by atoms with Crippen LogP contribution in [0.15, 0.2) is 36.8 Å². The maximum atomic E-state index is 12.9. The number of hydrogen-bond donors (Lipinski definition) is 0. The highest BCUT2D eigenvalue weighted by atomic mass is 16.5. The third-order valence-electron chi connectivity index (χ3n) is 4.29. The molecule has 2 aromatic heterocycles. The van der Waals surface area contributed by atoms with E-state index in [9.17, 15) is 4.79 Å². The van der Waals surface area contributed by atoms with Crippen molar-refractivity contribution >= 4 is 5.91 Å². The van der Waals surface area contributed by atoms with E-state index < -0.39 is 0 Å². The van der Waals surface area contributed by atoms with Crippen molar-refractivity contribution in [1.82, 2.24) is 19.7 Å². The molecule has 23 heavy (non-hydrogen) atoms. The standard InChI is InChI=1S/C17H22N4O2/c1-3-21-15(6-10-19-21)16-14(7-11-23-16)17(22)20(2)12-13-4-8-18-9-5-13/h4-6,8-10,14,16H,3,7,11-12H2,1-2H3/t14-,16-/m1/s1. The average Bonchev–Trinajstić information content (AvgIpc) is 3.23. The Kier molecular flexibility index (Phi) is 4.71. The Labute approximate surface area is 136 Å². The van der Waals surface area contributed by atoms with Gasteiger partial charge in [-0.1, -0.05) is 0 Å². The van der Waals surface area contributed by atoms with Crippen molar-refractivity contribution in [3.05, 3.63) is 48.0 Å². The molecule has 2 aromatic rings. The molecule has 6 heteroatoms. The molecule has 122 valence electrons. The van der Waals surface area contributed by atoms with Crippen molar-refractivity contribution in [1.29, 1.82) is 0 Å². The van der Waals surface area contributed by atoms with Gasteiger partial charge in [-0.15, -0.1) is 0 Å². The van der Waals surface area contributed by atoms with Crippen molar-refractivity contribution in [2.75, 3.05) is 13.7 Å². The summed E-state index contributed by atoms with van der Waals surface area (Å²) in [6.07, 6.45) is 5.80. The number of aryl methyl sites for hydroxylation is 1. The number of carbonyl (C=O) groups is 1. The molecule has 1 amide bonds. The second kappa shape index (κ2) is 6.91. The van der Waals surface area contributed by atoms with E-state index in [2.05, 4.69) is 10.1 Å². The van der Waals surface area contributed by atoms with Gasteiger partial charge >= 0.3 is 0 Å². The summed E-state index contributed by atoms with van der Waals surface area (Å²) in [5.41, 5.74) is 2.06. The van der Waals surface area contributed by atoms with Crippen LogP contribution in [0.1, 0.15) is 30.7 Å². The zero-order valence-corrected chi connectivity index (χ0v) is 13.6. The maximum absolute atomic E-state index is 12.9. The van der Waals surface area contributed by atoms with Crippen molar-refractivity contribution in [2.24, 2.45) is 5.92 Å². The zero-order valence-electron chi connectivity index (χ0n) is 13.6. The summed E-state index contributed by atoms with van der Waals surface area (Å²) in [6, 6.07) is 5.81. The van der Waals surface area contributed by atoms with Gasteiger partial charge in [0.15, 0.2) is 0 Å². The van der Waals surface area contributed by atoms with Crippen LogP contribution in [-0.4, -0.2) is 39.2 Å². The first-order valence-corrected chi connectivity index (χ1v) is 7.98. The Balaban J connectivity index is 1.73. The lowest BCUT2D eigenvalue weighted by atomic mass is 9.97. The highest BCUT2D eigenvalue weighted by Gasteiger charge is 2.38. The van der Waals surface area contributed by atoms with Crippen molar-refractivity contribution in [2.45, 2.75) is 32.5 Å². The summed E-state index contributed by atoms with van der Waals surface area (Å²) >= 11 is 0. The van der Waals surface area contributed by atoms with E-state index in [1.165, 1.54) is 0 Å². The molecule has 1 aliphatic heterocycles. The molecule has 0 N–H and O–H groups in total. The number of aromatic nitrogens is 3. The van der Waals surface area contributed by atoms with Crippen LogP contribution in [0, 0.1) is 5.92 Å². The number of pyridine rings is 1. The topological polar surface area (TPSA) is 60.3 Å². The lowest BCUT2D eigenvalue weighted by molar-refractivity contribution is -0.136. The molecule has 0 aromatic carbocycles. The molecule has 6 nitrogen and oxygen atoms in total. The van der Waals surface area contributed by atoms with E-state index in [0.29, 0.717) is 13.2 Å². The van der Waals surface area contributed by atoms with Crippen LogP contribution in [0.25, 0.3) is 0 Å². The number of hydrogen-bond acceptors (Lipinski definition) is 4. The number of nitrogens with zero attached hydrogens (tertiary/aromatic N) is 4. The van der Waals surface area contributed by atoms with Crippen molar-refractivity contribution < 1.29 is 9.53 Å². The van der Waals surface area contributed by atoms with Gasteiger partial charge in [-0.25, -0.2) is 0 Å². The van der Waals surface area contributed by atoms with Gasteiger partial charge < -0.3 is 9.64 Å². The highest BCUT2D eigenvalue weighted by molar-refractivity contribution is 5.79. The number of amides is 1. The molecule has 0 spiro atoms. The second-order valence-corrected chi connectivity index (χ2v) is 5.81. The van der Waals surface area contributed by atoms with Crippen molar-refractivity contribution in [3.63, 3.8) is 0 Å². The first-order chi connectivity index (χ1) is 11.2. The van der Waals surface area contributed by atoms with E-state index in [0.717, 1.165) is 24.2 Å². The van der Waals surface area contributed by atoms with Gasteiger partial charge in [0.05, 0.1) is 11.6 Å². The minimum atomic E-state index is -0.204. The molecule has 0 saturated carbocycles. The fraction of sp³-hybridized carbons (Fsp3) is 0.471. The van der Waals surface area contributed by atoms with E-state index in [4.69, 9.17) is 4.74 Å². The van der Waals surface area contributed by atoms with Crippen LogP contribution in [0.3, 0.4) is 0 Å². The van der Waals surface area contributed by atoms with Gasteiger partial charge in [-0.05, 0) is 37.1 Å². The smallest absolute Gasteiger partial charge is 0.228 e. The third kappa shape index (κ3) is 3.27. The summed E-state index contributed by atoms with van der Waals surface area (Å²) in [4.78, 5) is 18.6. The Morgan fingerprint density at radius 1 is 1.35 bits per heavy atom. The van der Waals surface area contributed by atoms with Gasteiger partial charge in [0, 0.05) is 45.3 Å². The average molecular weight is 314 g/mol. The molecular weight excluding hydrogens is 292 g/mol. The fourth-order valence-electron chi connectivity index (χ4n) is 3.11. The van der Waals surface area contributed by atoms with E-state index in [-0.39, 0.29) is 17.9 Å². The zero-order chi connectivity index (χ0) is 16.2. The van der Waals surface area contributed by atoms with Crippen LogP contribution in [0.2, 0.25) is 0 Å². The highest BCUT2D eigenvalue weighted by Crippen LogP contribution is 2.35. The molecule has 0 unspecified atom stereocenters. The quantitative estimate of drug-likeness (QED) is 0.847. The van der Waals surface area contributed by atoms with Gasteiger partial charge in [0.25, 0.3) is 0 Å². The van der Waals surface area contributed by atoms with Crippen LogP contribution in [0.5, 0.6) is 0 Å². The van der Waals surface area contributed by atoms with Crippen molar-refractivity contribution in [3.8, 4) is 0 Å². The second-order valence-electron chi connectivity index (χ2n) is 5.81. The molecule has 2 atom stereocenters. The normalized spacial score (nSPS) is 20.6. The Morgan fingerprint density at radius 3 is 2.87 bits per heavy atom. The lowest BCUT2D eigenvalue weighted by Crippen LogP contribution is -2.34. The van der Waals surface area contributed by atoms with Gasteiger partial charge in [0.1, 0.15) is 6.10 Å². The van der Waals surface area contributed by atoms with Crippen LogP contribution in [0.4, 0.5) is 0 Å². The van der Waals surface area contributed by atoms with Gasteiger partial charge in [0.2, 0.25) is 5.91 Å². The monoisotopic (exact) mass is 314 g/mol. The molecule has 1 saturated heterocycles. The Hall–Kier alpha value is -2.21. The Morgan fingerprint density at radius 2 is 2.13 bits per heavy atom. The van der Waals surface area contributed by atoms with E-state index >= 15 is 0 Å². The van der Waals surface area contributed by atoms with Crippen LogP contribution < -0.4 is 0 Å². The molecule has 1 aliphatic rings. The third-order valence-corrected chi connectivity index (χ3v) is 4.29. The minimum Gasteiger partial charge on any atom is -0.371 e. The molecular formula is C17H22N4O2. The fourth-order valence-corrected chi connectivity index (χ4v) is 3.11. The molecule has 0 aliphatic carbocycles. The summed E-state index contributed by atoms with van der Waals surface area (Å²) in [7, 11) is 1.84. The minimum absolute atomic E-state index is 0.119. The number of ether oxygens (including phenoxy) is 1. The summed E-state index contributed by atoms with van der Waals surface area (Å²) in [5, 5.41) is 4.29. The first kappa shape index (κ1) is 15.7. The molecule has 0 radical (unpaired) electrons. The maximum Gasteiger partial charge on any atom is 0.228 e. The summed E-state index contributed by atoms with van der Waals surface area (Å²) < 4.78 is 7.76. The first-order valence-electron chi connectivity index (χ1n) is 7.98. The summed E-state index contributed by atoms with van der Waals surface area (Å²) in [5.74, 6) is -0.0306. The molecule has 3 heterocycles. The summed E-state index contributed by atoms with van der Waals surface area (Å²) in [6.45, 7) is 4.00. The number of carbonyl (C=O) groups excluding carboxylic acids is 1. The largest absolute Gasteiger partial charge is 0.371 e. The predicted octanol–water partition coefficient (Wildman–Crippen LogP) is 2.03. The molecule has 0 bridgehead atoms. The molecule has 1 fully saturated rings. The lowest BCUT2D eigenvalue weighted by Gasteiger charge is -2.24. The van der Waals surface area contributed by atoms with Gasteiger partial charge in [-0.2, -0.15) is 5.10 Å². The van der Waals surface area contributed by atoms with Crippen LogP contribution >= 0.6 is 0 Å². The van der Waals surface area contributed by atoms with E-state index in [1.807, 2.05) is 36.9 Å². The SMILES string of the molecule is CCn1nccc1[C@@H]1OCC[C@H]1C(=O)N(C)Cc1ccncc1. The predicted molar refractivity (Wildman–Crippen MR) is 85.4 cm³/mol. The molecule has 3 rings (SSSR count). The van der Waals surface area contributed by atoms with Gasteiger partial charge in [-0.3, -0.25) is 14.5 Å².